The molecule has 0 aliphatic carbocycles. The fourth-order valence-corrected chi connectivity index (χ4v) is 1.54. The number of aromatic nitrogens is 4. The summed E-state index contributed by atoms with van der Waals surface area (Å²) >= 11 is 0. The van der Waals surface area contributed by atoms with E-state index in [2.05, 4.69) is 34.6 Å². The van der Waals surface area contributed by atoms with E-state index in [1.165, 1.54) is 5.56 Å². The zero-order valence-electron chi connectivity index (χ0n) is 9.17. The Balaban J connectivity index is 2.31. The molecular weight excluding hydrogens is 204 g/mol. The average molecular weight is 218 g/mol. The molecule has 0 amide bonds. The number of hydrogen-bond acceptors (Lipinski definition) is 4. The van der Waals surface area contributed by atoms with Crippen molar-refractivity contribution in [2.75, 3.05) is 6.61 Å². The molecule has 16 heavy (non-hydrogen) atoms. The number of aliphatic hydroxyl groups is 1. The van der Waals surface area contributed by atoms with Crippen molar-refractivity contribution in [1.29, 1.82) is 0 Å². The molecule has 5 nitrogen and oxygen atoms in total. The molecule has 0 aliphatic heterocycles. The lowest BCUT2D eigenvalue weighted by Gasteiger charge is -2.04. The fraction of sp³-hybridized carbons (Fsp3) is 0.364. The second-order valence-corrected chi connectivity index (χ2v) is 3.50. The van der Waals surface area contributed by atoms with Crippen LogP contribution >= 0.6 is 0 Å². The lowest BCUT2D eigenvalue weighted by atomic mass is 10.1. The first-order chi connectivity index (χ1) is 7.85. The van der Waals surface area contributed by atoms with E-state index < -0.39 is 0 Å². The van der Waals surface area contributed by atoms with Crippen LogP contribution < -0.4 is 0 Å². The van der Waals surface area contributed by atoms with Crippen molar-refractivity contribution in [3.63, 3.8) is 0 Å². The standard InChI is InChI=1S/C11H14N4O/c1-2-9-3-5-10(6-4-9)15-11(7-8-16)12-13-14-15/h3-6,16H,2,7-8H2,1H3. The lowest BCUT2D eigenvalue weighted by molar-refractivity contribution is 0.295. The number of aliphatic hydroxyl groups excluding tert-OH is 1. The third-order valence-electron chi connectivity index (χ3n) is 2.46. The normalized spacial score (nSPS) is 10.6. The Hall–Kier alpha value is -1.75. The van der Waals surface area contributed by atoms with Crippen molar-refractivity contribution in [2.24, 2.45) is 0 Å². The van der Waals surface area contributed by atoms with Crippen LogP contribution in [0.4, 0.5) is 0 Å². The maximum absolute atomic E-state index is 8.88. The minimum absolute atomic E-state index is 0.0490. The molecule has 0 spiro atoms. The molecule has 1 heterocycles. The monoisotopic (exact) mass is 218 g/mol. The van der Waals surface area contributed by atoms with Gasteiger partial charge in [-0.25, -0.2) is 0 Å². The van der Waals surface area contributed by atoms with Gasteiger partial charge in [-0.3, -0.25) is 0 Å². The van der Waals surface area contributed by atoms with Crippen LogP contribution in [0.2, 0.25) is 0 Å². The molecule has 0 saturated carbocycles. The Morgan fingerprint density at radius 3 is 2.62 bits per heavy atom. The van der Waals surface area contributed by atoms with Crippen LogP contribution in [0, 0.1) is 0 Å². The van der Waals surface area contributed by atoms with Gasteiger partial charge in [-0.15, -0.1) is 5.10 Å². The molecule has 84 valence electrons. The van der Waals surface area contributed by atoms with Gasteiger partial charge in [-0.1, -0.05) is 19.1 Å². The molecule has 0 radical (unpaired) electrons. The van der Waals surface area contributed by atoms with Crippen LogP contribution in [0.3, 0.4) is 0 Å². The molecule has 1 N–H and O–H groups in total. The van der Waals surface area contributed by atoms with Crippen molar-refractivity contribution in [3.8, 4) is 5.69 Å². The highest BCUT2D eigenvalue weighted by molar-refractivity contribution is 5.34. The minimum atomic E-state index is 0.0490. The first-order valence-electron chi connectivity index (χ1n) is 5.32. The largest absolute Gasteiger partial charge is 0.396 e. The van der Waals surface area contributed by atoms with Crippen molar-refractivity contribution in [2.45, 2.75) is 19.8 Å². The molecule has 1 aromatic carbocycles. The fourth-order valence-electron chi connectivity index (χ4n) is 1.54. The molecule has 0 fully saturated rings. The first kappa shape index (κ1) is 10.8. The Morgan fingerprint density at radius 1 is 1.25 bits per heavy atom. The summed E-state index contributed by atoms with van der Waals surface area (Å²) in [5.74, 6) is 0.673. The first-order valence-corrected chi connectivity index (χ1v) is 5.32. The molecular formula is C11H14N4O. The van der Waals surface area contributed by atoms with E-state index in [-0.39, 0.29) is 6.61 Å². The highest BCUT2D eigenvalue weighted by Gasteiger charge is 2.06. The third-order valence-corrected chi connectivity index (χ3v) is 2.46. The summed E-state index contributed by atoms with van der Waals surface area (Å²) in [6.45, 7) is 2.16. The van der Waals surface area contributed by atoms with Crippen LogP contribution in [0.1, 0.15) is 18.3 Å². The molecule has 0 saturated heterocycles. The van der Waals surface area contributed by atoms with E-state index in [1.54, 1.807) is 4.68 Å². The van der Waals surface area contributed by atoms with Gasteiger partial charge in [0, 0.05) is 6.42 Å². The number of benzene rings is 1. The van der Waals surface area contributed by atoms with Crippen LogP contribution in [-0.4, -0.2) is 31.9 Å². The molecule has 0 atom stereocenters. The molecule has 0 bridgehead atoms. The summed E-state index contributed by atoms with van der Waals surface area (Å²) in [6, 6.07) is 8.08. The van der Waals surface area contributed by atoms with Crippen LogP contribution in [0.5, 0.6) is 0 Å². The summed E-state index contributed by atoms with van der Waals surface area (Å²) in [6.07, 6.45) is 1.47. The SMILES string of the molecule is CCc1ccc(-n2nnnc2CCO)cc1. The van der Waals surface area contributed by atoms with Crippen molar-refractivity contribution in [1.82, 2.24) is 20.2 Å². The van der Waals surface area contributed by atoms with Gasteiger partial charge in [0.1, 0.15) is 0 Å². The quantitative estimate of drug-likeness (QED) is 0.822. The van der Waals surface area contributed by atoms with Crippen LogP contribution in [0.25, 0.3) is 5.69 Å². The van der Waals surface area contributed by atoms with E-state index in [0.717, 1.165) is 12.1 Å². The average Bonchev–Trinajstić information content (AvgIpc) is 2.78. The van der Waals surface area contributed by atoms with Gasteiger partial charge in [0.25, 0.3) is 0 Å². The molecule has 5 heteroatoms. The summed E-state index contributed by atoms with van der Waals surface area (Å²) in [5, 5.41) is 20.3. The van der Waals surface area contributed by atoms with E-state index in [9.17, 15) is 0 Å². The van der Waals surface area contributed by atoms with Crippen molar-refractivity contribution in [3.05, 3.63) is 35.7 Å². The van der Waals surface area contributed by atoms with Crippen LogP contribution in [-0.2, 0) is 12.8 Å². The van der Waals surface area contributed by atoms with Gasteiger partial charge < -0.3 is 5.11 Å². The van der Waals surface area contributed by atoms with E-state index in [1.807, 2.05) is 12.1 Å². The Kier molecular flexibility index (Phi) is 3.26. The van der Waals surface area contributed by atoms with Gasteiger partial charge >= 0.3 is 0 Å². The maximum Gasteiger partial charge on any atom is 0.158 e. The Labute approximate surface area is 93.7 Å². The summed E-state index contributed by atoms with van der Waals surface area (Å²) in [4.78, 5) is 0. The molecule has 0 unspecified atom stereocenters. The molecule has 2 rings (SSSR count). The number of aryl methyl sites for hydroxylation is 1. The number of nitrogens with zero attached hydrogens (tertiary/aromatic N) is 4. The van der Waals surface area contributed by atoms with Crippen molar-refractivity contribution >= 4 is 0 Å². The van der Waals surface area contributed by atoms with E-state index in [4.69, 9.17) is 5.11 Å². The highest BCUT2D eigenvalue weighted by atomic mass is 16.3. The maximum atomic E-state index is 8.88. The molecule has 1 aromatic heterocycles. The zero-order valence-corrected chi connectivity index (χ0v) is 9.17. The topological polar surface area (TPSA) is 63.8 Å². The Morgan fingerprint density at radius 2 is 2.00 bits per heavy atom. The van der Waals surface area contributed by atoms with Gasteiger partial charge in [-0.05, 0) is 34.5 Å². The number of rotatable bonds is 4. The summed E-state index contributed by atoms with van der Waals surface area (Å²) in [5.41, 5.74) is 2.20. The predicted molar refractivity (Wildman–Crippen MR) is 59.3 cm³/mol. The van der Waals surface area contributed by atoms with Gasteiger partial charge in [0.15, 0.2) is 5.82 Å². The zero-order chi connectivity index (χ0) is 11.4. The molecule has 0 aliphatic rings. The highest BCUT2D eigenvalue weighted by Crippen LogP contribution is 2.10. The van der Waals surface area contributed by atoms with Crippen LogP contribution in [0.15, 0.2) is 24.3 Å². The summed E-state index contributed by atoms with van der Waals surface area (Å²) < 4.78 is 1.65. The van der Waals surface area contributed by atoms with Gasteiger partial charge in [0.2, 0.25) is 0 Å². The van der Waals surface area contributed by atoms with E-state index in [0.29, 0.717) is 12.2 Å². The second-order valence-electron chi connectivity index (χ2n) is 3.50. The minimum Gasteiger partial charge on any atom is -0.396 e. The van der Waals surface area contributed by atoms with Crippen molar-refractivity contribution < 1.29 is 5.11 Å². The van der Waals surface area contributed by atoms with E-state index >= 15 is 0 Å². The van der Waals surface area contributed by atoms with Gasteiger partial charge in [-0.2, -0.15) is 4.68 Å². The smallest absolute Gasteiger partial charge is 0.158 e. The predicted octanol–water partition coefficient (Wildman–Crippen LogP) is 0.759. The summed E-state index contributed by atoms with van der Waals surface area (Å²) in [7, 11) is 0. The number of hydrogen-bond donors (Lipinski definition) is 1. The number of tetrazole rings is 1. The Bertz CT molecular complexity index is 449. The molecule has 2 aromatic rings. The third kappa shape index (κ3) is 2.09. The second kappa shape index (κ2) is 4.85. The lowest BCUT2D eigenvalue weighted by Crippen LogP contribution is -2.05. The van der Waals surface area contributed by atoms with Gasteiger partial charge in [0.05, 0.1) is 12.3 Å².